The highest BCUT2D eigenvalue weighted by atomic mass is 16.8. The Morgan fingerprint density at radius 3 is 2.62 bits per heavy atom. The topological polar surface area (TPSA) is 44.8 Å². The summed E-state index contributed by atoms with van der Waals surface area (Å²) in [5.74, 6) is -1.19. The molecule has 4 nitrogen and oxygen atoms in total. The molecule has 1 rings (SSSR count). The van der Waals surface area contributed by atoms with E-state index in [1.807, 2.05) is 0 Å². The van der Waals surface area contributed by atoms with Gasteiger partial charge in [-0.25, -0.2) is 4.79 Å². The molecule has 0 aromatic carbocycles. The molecule has 1 saturated heterocycles. The molecule has 1 heterocycles. The molecule has 0 aromatic heterocycles. The Morgan fingerprint density at radius 1 is 1.54 bits per heavy atom. The molecule has 2 atom stereocenters. The van der Waals surface area contributed by atoms with Gasteiger partial charge in [0, 0.05) is 0 Å². The molecule has 0 bridgehead atoms. The predicted molar refractivity (Wildman–Crippen MR) is 46.0 cm³/mol. The molecule has 1 fully saturated rings. The van der Waals surface area contributed by atoms with Crippen LogP contribution in [0.25, 0.3) is 0 Å². The van der Waals surface area contributed by atoms with Crippen molar-refractivity contribution in [2.75, 3.05) is 7.11 Å². The average molecular weight is 186 g/mol. The number of carbonyl (C=O) groups is 1. The molecule has 0 spiro atoms. The van der Waals surface area contributed by atoms with Crippen LogP contribution >= 0.6 is 0 Å². The maximum atomic E-state index is 11.2. The summed E-state index contributed by atoms with van der Waals surface area (Å²) >= 11 is 0. The highest BCUT2D eigenvalue weighted by molar-refractivity contribution is 5.76. The molecule has 74 valence electrons. The van der Waals surface area contributed by atoms with Crippen LogP contribution in [0, 0.1) is 0 Å². The third kappa shape index (κ3) is 2.08. The van der Waals surface area contributed by atoms with E-state index in [1.54, 1.807) is 13.8 Å². The summed E-state index contributed by atoms with van der Waals surface area (Å²) < 4.78 is 15.3. The van der Waals surface area contributed by atoms with Gasteiger partial charge in [0.05, 0.1) is 7.11 Å². The van der Waals surface area contributed by atoms with Crippen molar-refractivity contribution >= 4 is 5.97 Å². The second-order valence-electron chi connectivity index (χ2n) is 3.28. The van der Waals surface area contributed by atoms with Gasteiger partial charge in [0.15, 0.2) is 11.9 Å². The van der Waals surface area contributed by atoms with E-state index in [1.165, 1.54) is 13.2 Å². The summed E-state index contributed by atoms with van der Waals surface area (Å²) in [6, 6.07) is 0. The van der Waals surface area contributed by atoms with E-state index < -0.39 is 24.0 Å². The molecule has 1 aliphatic heterocycles. The van der Waals surface area contributed by atoms with Crippen molar-refractivity contribution in [1.29, 1.82) is 0 Å². The van der Waals surface area contributed by atoms with Gasteiger partial charge < -0.3 is 14.2 Å². The molecular formula is C9H14O4. The van der Waals surface area contributed by atoms with Crippen LogP contribution in [0.4, 0.5) is 0 Å². The van der Waals surface area contributed by atoms with Gasteiger partial charge in [0.1, 0.15) is 6.10 Å². The van der Waals surface area contributed by atoms with Crippen LogP contribution in [-0.4, -0.2) is 31.1 Å². The lowest BCUT2D eigenvalue weighted by atomic mass is 10.2. The summed E-state index contributed by atoms with van der Waals surface area (Å²) in [7, 11) is 1.32. The van der Waals surface area contributed by atoms with Crippen LogP contribution in [0.3, 0.4) is 0 Å². The van der Waals surface area contributed by atoms with Crippen LogP contribution in [0.1, 0.15) is 13.8 Å². The van der Waals surface area contributed by atoms with Crippen LogP contribution in [-0.2, 0) is 19.0 Å². The summed E-state index contributed by atoms with van der Waals surface area (Å²) in [6.45, 7) is 7.05. The van der Waals surface area contributed by atoms with Crippen molar-refractivity contribution in [3.8, 4) is 0 Å². The molecule has 0 radical (unpaired) electrons. The highest BCUT2D eigenvalue weighted by Gasteiger charge is 2.44. The number of carbonyl (C=O) groups excluding carboxylic acids is 1. The zero-order valence-corrected chi connectivity index (χ0v) is 8.07. The fourth-order valence-electron chi connectivity index (χ4n) is 1.26. The molecular weight excluding hydrogens is 172 g/mol. The SMILES string of the molecule is C=C[C@@H]1OC(C)(C)O[C@@H]1C(=O)OC. The molecule has 0 aromatic rings. The maximum absolute atomic E-state index is 11.2. The number of methoxy groups -OCH3 is 1. The highest BCUT2D eigenvalue weighted by Crippen LogP contribution is 2.29. The Morgan fingerprint density at radius 2 is 2.15 bits per heavy atom. The van der Waals surface area contributed by atoms with E-state index in [2.05, 4.69) is 11.3 Å². The van der Waals surface area contributed by atoms with Gasteiger partial charge in [-0.05, 0) is 13.8 Å². The smallest absolute Gasteiger partial charge is 0.338 e. The van der Waals surface area contributed by atoms with Crippen LogP contribution < -0.4 is 0 Å². The van der Waals surface area contributed by atoms with E-state index in [0.29, 0.717) is 0 Å². The first-order valence-corrected chi connectivity index (χ1v) is 4.06. The van der Waals surface area contributed by atoms with Crippen LogP contribution in [0.15, 0.2) is 12.7 Å². The largest absolute Gasteiger partial charge is 0.467 e. The molecule has 0 unspecified atom stereocenters. The van der Waals surface area contributed by atoms with Crippen molar-refractivity contribution in [2.24, 2.45) is 0 Å². The van der Waals surface area contributed by atoms with E-state index in [-0.39, 0.29) is 0 Å². The zero-order valence-electron chi connectivity index (χ0n) is 8.07. The predicted octanol–water partition coefficient (Wildman–Crippen LogP) is 0.865. The third-order valence-electron chi connectivity index (χ3n) is 1.79. The van der Waals surface area contributed by atoms with Gasteiger partial charge in [-0.2, -0.15) is 0 Å². The molecule has 0 aliphatic carbocycles. The monoisotopic (exact) mass is 186 g/mol. The second kappa shape index (κ2) is 3.47. The molecule has 0 amide bonds. The summed E-state index contributed by atoms with van der Waals surface area (Å²) in [5, 5.41) is 0. The lowest BCUT2D eigenvalue weighted by Crippen LogP contribution is -2.31. The van der Waals surface area contributed by atoms with E-state index in [4.69, 9.17) is 9.47 Å². The molecule has 13 heavy (non-hydrogen) atoms. The third-order valence-corrected chi connectivity index (χ3v) is 1.79. The fourth-order valence-corrected chi connectivity index (χ4v) is 1.26. The Kier molecular flexibility index (Phi) is 2.73. The van der Waals surface area contributed by atoms with Crippen molar-refractivity contribution in [3.05, 3.63) is 12.7 Å². The van der Waals surface area contributed by atoms with E-state index in [0.717, 1.165) is 0 Å². The van der Waals surface area contributed by atoms with Gasteiger partial charge >= 0.3 is 5.97 Å². The standard InChI is InChI=1S/C9H14O4/c1-5-6-7(8(10)11-4)13-9(2,3)12-6/h5-7H,1H2,2-4H3/t6-,7-/m0/s1. The minimum absolute atomic E-state index is 0.428. The summed E-state index contributed by atoms with van der Waals surface area (Å²) in [6.07, 6.45) is 0.413. The van der Waals surface area contributed by atoms with Crippen LogP contribution in [0.5, 0.6) is 0 Å². The number of hydrogen-bond acceptors (Lipinski definition) is 4. The number of rotatable bonds is 2. The normalized spacial score (nSPS) is 31.3. The molecule has 4 heteroatoms. The van der Waals surface area contributed by atoms with Crippen molar-refractivity contribution < 1.29 is 19.0 Å². The van der Waals surface area contributed by atoms with Gasteiger partial charge in [0.2, 0.25) is 0 Å². The van der Waals surface area contributed by atoms with Crippen molar-refractivity contribution in [1.82, 2.24) is 0 Å². The number of esters is 1. The summed E-state index contributed by atoms with van der Waals surface area (Å²) in [4.78, 5) is 11.2. The second-order valence-corrected chi connectivity index (χ2v) is 3.28. The minimum atomic E-state index is -0.752. The molecule has 1 aliphatic rings. The van der Waals surface area contributed by atoms with Gasteiger partial charge in [-0.1, -0.05) is 6.08 Å². The maximum Gasteiger partial charge on any atom is 0.338 e. The Hall–Kier alpha value is -0.870. The first kappa shape index (κ1) is 10.2. The van der Waals surface area contributed by atoms with Crippen molar-refractivity contribution in [3.63, 3.8) is 0 Å². The first-order valence-electron chi connectivity index (χ1n) is 4.06. The fraction of sp³-hybridized carbons (Fsp3) is 0.667. The van der Waals surface area contributed by atoms with Gasteiger partial charge in [-0.3, -0.25) is 0 Å². The lowest BCUT2D eigenvalue weighted by molar-refractivity contribution is -0.167. The number of ether oxygens (including phenoxy) is 3. The average Bonchev–Trinajstić information content (AvgIpc) is 2.39. The van der Waals surface area contributed by atoms with Crippen molar-refractivity contribution in [2.45, 2.75) is 31.8 Å². The van der Waals surface area contributed by atoms with Gasteiger partial charge in [0.25, 0.3) is 0 Å². The lowest BCUT2D eigenvalue weighted by Gasteiger charge is -2.15. The Balaban J connectivity index is 2.74. The van der Waals surface area contributed by atoms with Gasteiger partial charge in [-0.15, -0.1) is 6.58 Å². The Bertz CT molecular complexity index is 222. The quantitative estimate of drug-likeness (QED) is 0.474. The van der Waals surface area contributed by atoms with E-state index >= 15 is 0 Å². The number of hydrogen-bond donors (Lipinski definition) is 0. The summed E-state index contributed by atoms with van der Waals surface area (Å²) in [5.41, 5.74) is 0. The zero-order chi connectivity index (χ0) is 10.1. The molecule has 0 N–H and O–H groups in total. The van der Waals surface area contributed by atoms with Crippen LogP contribution in [0.2, 0.25) is 0 Å². The minimum Gasteiger partial charge on any atom is -0.467 e. The van der Waals surface area contributed by atoms with E-state index in [9.17, 15) is 4.79 Å². The molecule has 0 saturated carbocycles. The first-order chi connectivity index (χ1) is 6.00. The Labute approximate surface area is 77.5 Å².